The lowest BCUT2D eigenvalue weighted by atomic mass is 9.93. The summed E-state index contributed by atoms with van der Waals surface area (Å²) in [6, 6.07) is -3.75. The summed E-state index contributed by atoms with van der Waals surface area (Å²) in [4.78, 5) is 62.3. The van der Waals surface area contributed by atoms with E-state index in [9.17, 15) is 36.0 Å². The van der Waals surface area contributed by atoms with Gasteiger partial charge in [0, 0.05) is 25.7 Å². The quantitative estimate of drug-likeness (QED) is 0.0983. The van der Waals surface area contributed by atoms with Crippen LogP contribution in [0.1, 0.15) is 57.8 Å². The molecule has 6 aliphatic rings. The third-order valence-electron chi connectivity index (χ3n) is 9.30. The average molecular weight is 743 g/mol. The van der Waals surface area contributed by atoms with Crippen molar-refractivity contribution in [3.05, 3.63) is 0 Å². The Morgan fingerprint density at radius 3 is 1.71 bits per heavy atom. The molecule has 1 saturated carbocycles. The molecule has 4 bridgehead atoms. The van der Waals surface area contributed by atoms with Gasteiger partial charge in [-0.05, 0) is 71.4 Å². The summed E-state index contributed by atoms with van der Waals surface area (Å²) in [5.74, 6) is -0.908. The summed E-state index contributed by atoms with van der Waals surface area (Å²) in [7, 11) is -7.70. The van der Waals surface area contributed by atoms with E-state index in [1.807, 2.05) is 7.05 Å². The molecule has 24 heteroatoms. The van der Waals surface area contributed by atoms with Crippen LogP contribution in [-0.2, 0) is 48.6 Å². The molecule has 5 aliphatic heterocycles. The number of carbonyl (C=O) groups is 4. The fourth-order valence-corrected chi connectivity index (χ4v) is 7.65. The van der Waals surface area contributed by atoms with Crippen molar-refractivity contribution >= 4 is 44.7 Å². The predicted molar refractivity (Wildman–Crippen MR) is 162 cm³/mol. The van der Waals surface area contributed by atoms with Crippen molar-refractivity contribution in [1.29, 1.82) is 0 Å². The van der Waals surface area contributed by atoms with E-state index >= 15 is 0 Å². The molecule has 0 spiro atoms. The largest absolute Gasteiger partial charge is 0.418 e. The SMILES string of the molecule is CNC1CCCC(ONC(=O)[C@@H]2CC[C@@H]3CN2C(=O)N3OS(=O)(=O)O)C1.O=C(NOC1CCNC1)[C@@H]1CC[C@@H]2CN1C(=O)N2OS(=O)(=O)O. The molecule has 0 radical (unpaired) electrons. The van der Waals surface area contributed by atoms with Crippen molar-refractivity contribution in [2.45, 2.75) is 100 Å². The number of rotatable bonds is 11. The Morgan fingerprint density at radius 2 is 1.27 bits per heavy atom. The van der Waals surface area contributed by atoms with Crippen LogP contribution in [-0.4, -0.2) is 145 Å². The highest BCUT2D eigenvalue weighted by Crippen LogP contribution is 2.32. The number of carbonyl (C=O) groups excluding carboxylic acids is 4. The van der Waals surface area contributed by atoms with Gasteiger partial charge < -0.3 is 20.4 Å². The van der Waals surface area contributed by atoms with Crippen molar-refractivity contribution in [3.63, 3.8) is 0 Å². The molecule has 278 valence electrons. The topological polar surface area (TPSA) is 275 Å². The number of nitrogens with one attached hydrogen (secondary N) is 4. The first-order valence-corrected chi connectivity index (χ1v) is 18.7. The van der Waals surface area contributed by atoms with E-state index in [0.29, 0.717) is 48.4 Å². The molecule has 3 unspecified atom stereocenters. The molecular formula is C25H42N8O14S2. The Morgan fingerprint density at radius 1 is 0.755 bits per heavy atom. The normalized spacial score (nSPS) is 31.4. The highest BCUT2D eigenvalue weighted by molar-refractivity contribution is 7.81. The van der Waals surface area contributed by atoms with Crippen molar-refractivity contribution in [3.8, 4) is 0 Å². The van der Waals surface area contributed by atoms with Gasteiger partial charge in [0.2, 0.25) is 0 Å². The molecule has 5 saturated heterocycles. The summed E-state index contributed by atoms with van der Waals surface area (Å²) in [6.07, 6.45) is 5.75. The molecule has 22 nitrogen and oxygen atoms in total. The zero-order valence-electron chi connectivity index (χ0n) is 26.6. The number of urea groups is 2. The van der Waals surface area contributed by atoms with Crippen LogP contribution in [0.3, 0.4) is 0 Å². The molecule has 6 N–H and O–H groups in total. The maximum atomic E-state index is 12.4. The number of piperidine rings is 2. The lowest BCUT2D eigenvalue weighted by molar-refractivity contribution is -0.145. The van der Waals surface area contributed by atoms with Crippen molar-refractivity contribution in [2.24, 2.45) is 0 Å². The molecule has 0 aromatic carbocycles. The fourth-order valence-electron chi connectivity index (χ4n) is 6.87. The van der Waals surface area contributed by atoms with Crippen LogP contribution in [0.15, 0.2) is 0 Å². The molecule has 6 rings (SSSR count). The standard InChI is InChI=1S/C14H24N4O7S.C11H18N4O7S/c1-15-9-3-2-4-11(7-9)24-16-13(19)12-6-5-10-8-17(12)14(20)18(10)25-26(21,22)23;16-10(13-21-8-3-4-12-5-8)9-2-1-7-6-14(9)11(17)15(7)22-23(18,19)20/h9-12,15H,2-8H2,1H3,(H,16,19)(H,21,22,23);7-9,12H,1-6H2,(H,13,16)(H,18,19,20)/t9?,10-,11?,12+;7-,8?,9+/m11/s1. The number of hydrogen-bond donors (Lipinski definition) is 6. The molecule has 6 fully saturated rings. The third kappa shape index (κ3) is 9.44. The average Bonchev–Trinajstić information content (AvgIpc) is 3.72. The fraction of sp³-hybridized carbons (Fsp3) is 0.840. The van der Waals surface area contributed by atoms with Gasteiger partial charge in [0.15, 0.2) is 0 Å². The van der Waals surface area contributed by atoms with Crippen molar-refractivity contribution < 1.29 is 63.4 Å². The van der Waals surface area contributed by atoms with E-state index in [2.05, 4.69) is 30.2 Å². The Hall–Kier alpha value is -2.94. The van der Waals surface area contributed by atoms with Gasteiger partial charge in [-0.3, -0.25) is 28.4 Å². The number of fused-ring (bicyclic) bond motifs is 4. The Balaban J connectivity index is 0.000000192. The predicted octanol–water partition coefficient (Wildman–Crippen LogP) is -2.03. The number of hydrogen-bond acceptors (Lipinski definition) is 14. The lowest BCUT2D eigenvalue weighted by Crippen LogP contribution is -2.50. The first-order chi connectivity index (χ1) is 23.1. The van der Waals surface area contributed by atoms with Crippen molar-refractivity contribution in [1.82, 2.24) is 41.5 Å². The molecule has 49 heavy (non-hydrogen) atoms. The molecule has 6 amide bonds. The summed E-state index contributed by atoms with van der Waals surface area (Å²) >= 11 is 0. The molecule has 1 aliphatic carbocycles. The summed E-state index contributed by atoms with van der Waals surface area (Å²) < 4.78 is 69.5. The van der Waals surface area contributed by atoms with E-state index in [4.69, 9.17) is 18.8 Å². The smallest absolute Gasteiger partial charge is 0.317 e. The zero-order valence-corrected chi connectivity index (χ0v) is 28.3. The van der Waals surface area contributed by atoms with E-state index in [1.165, 1.54) is 9.80 Å². The van der Waals surface area contributed by atoms with E-state index in [-0.39, 0.29) is 25.3 Å². The van der Waals surface area contributed by atoms with Gasteiger partial charge in [-0.15, -0.1) is 8.57 Å². The van der Waals surface area contributed by atoms with Gasteiger partial charge in [0.05, 0.1) is 24.3 Å². The Kier molecular flexibility index (Phi) is 11.8. The Labute approximate surface area is 282 Å². The first-order valence-electron chi connectivity index (χ1n) is 16.0. The van der Waals surface area contributed by atoms with Crippen LogP contribution >= 0.6 is 0 Å². The summed E-state index contributed by atoms with van der Waals surface area (Å²) in [6.45, 7) is 1.76. The maximum absolute atomic E-state index is 12.4. The maximum Gasteiger partial charge on any atom is 0.418 e. The second-order valence-electron chi connectivity index (χ2n) is 12.6. The van der Waals surface area contributed by atoms with E-state index < -0.39 is 68.8 Å². The van der Waals surface area contributed by atoms with Crippen LogP contribution in [0.4, 0.5) is 9.59 Å². The molecule has 0 aromatic heterocycles. The van der Waals surface area contributed by atoms with Gasteiger partial charge in [0.25, 0.3) is 11.8 Å². The Bertz CT molecular complexity index is 1460. The van der Waals surface area contributed by atoms with Crippen LogP contribution < -0.4 is 21.6 Å². The second-order valence-corrected chi connectivity index (χ2v) is 14.6. The second kappa shape index (κ2) is 15.5. The lowest BCUT2D eigenvalue weighted by Gasteiger charge is -2.31. The van der Waals surface area contributed by atoms with Crippen molar-refractivity contribution in [2.75, 3.05) is 33.2 Å². The minimum absolute atomic E-state index is 0.0878. The molecular weight excluding hydrogens is 700 g/mol. The molecule has 0 aromatic rings. The first kappa shape index (κ1) is 37.3. The third-order valence-corrected chi connectivity index (χ3v) is 10.00. The highest BCUT2D eigenvalue weighted by atomic mass is 32.3. The van der Waals surface area contributed by atoms with Crippen LogP contribution in [0.2, 0.25) is 0 Å². The number of hydroxylamine groups is 6. The van der Waals surface area contributed by atoms with Gasteiger partial charge in [-0.2, -0.15) is 27.0 Å². The molecule has 5 heterocycles. The minimum Gasteiger partial charge on any atom is -0.317 e. The number of nitrogens with zero attached hydrogens (tertiary/aromatic N) is 4. The van der Waals surface area contributed by atoms with Gasteiger partial charge >= 0.3 is 32.9 Å². The van der Waals surface area contributed by atoms with Gasteiger partial charge in [0.1, 0.15) is 12.1 Å². The minimum atomic E-state index is -4.80. The zero-order chi connectivity index (χ0) is 35.5. The monoisotopic (exact) mass is 742 g/mol. The van der Waals surface area contributed by atoms with Crippen LogP contribution in [0.5, 0.6) is 0 Å². The van der Waals surface area contributed by atoms with Gasteiger partial charge in [-0.25, -0.2) is 20.5 Å². The number of amides is 6. The summed E-state index contributed by atoms with van der Waals surface area (Å²) in [5.41, 5.74) is 4.81. The van der Waals surface area contributed by atoms with E-state index in [1.54, 1.807) is 0 Å². The summed E-state index contributed by atoms with van der Waals surface area (Å²) in [5, 5.41) is 7.51. The molecule has 7 atom stereocenters. The van der Waals surface area contributed by atoms with Crippen LogP contribution in [0, 0.1) is 0 Å². The van der Waals surface area contributed by atoms with Crippen LogP contribution in [0.25, 0.3) is 0 Å². The van der Waals surface area contributed by atoms with Gasteiger partial charge in [-0.1, -0.05) is 0 Å². The van der Waals surface area contributed by atoms with E-state index in [0.717, 1.165) is 38.6 Å². The highest BCUT2D eigenvalue weighted by Gasteiger charge is 2.50.